The minimum Gasteiger partial charge on any atom is -0.398 e. The van der Waals surface area contributed by atoms with Crippen molar-refractivity contribution in [1.29, 1.82) is 0 Å². The molecule has 2 atom stereocenters. The summed E-state index contributed by atoms with van der Waals surface area (Å²) in [5, 5.41) is 9.99. The molecule has 0 aromatic heterocycles. The number of carbonyl (C=O) groups excluding carboxylic acids is 1. The van der Waals surface area contributed by atoms with Crippen LogP contribution in [0.3, 0.4) is 0 Å². The Bertz CT molecular complexity index is 448. The van der Waals surface area contributed by atoms with Gasteiger partial charge in [-0.15, -0.1) is 0 Å². The van der Waals surface area contributed by atoms with Crippen molar-refractivity contribution in [3.05, 3.63) is 29.8 Å². The smallest absolute Gasteiger partial charge is 0.227 e. The summed E-state index contributed by atoms with van der Waals surface area (Å²) in [7, 11) is 1.78. The van der Waals surface area contributed by atoms with E-state index in [1.165, 1.54) is 0 Å². The highest BCUT2D eigenvalue weighted by Gasteiger charge is 2.29. The number of rotatable bonds is 3. The second-order valence-corrected chi connectivity index (χ2v) is 5.30. The van der Waals surface area contributed by atoms with Crippen LogP contribution in [0.2, 0.25) is 0 Å². The van der Waals surface area contributed by atoms with Crippen molar-refractivity contribution < 1.29 is 9.90 Å². The normalized spacial score (nSPS) is 23.1. The van der Waals surface area contributed by atoms with E-state index < -0.39 is 6.10 Å². The summed E-state index contributed by atoms with van der Waals surface area (Å²) >= 11 is 0. The van der Waals surface area contributed by atoms with Crippen LogP contribution in [0.5, 0.6) is 0 Å². The lowest BCUT2D eigenvalue weighted by Gasteiger charge is -2.35. The van der Waals surface area contributed by atoms with Crippen LogP contribution in [-0.4, -0.2) is 35.1 Å². The maximum absolute atomic E-state index is 12.3. The molecule has 4 heteroatoms. The lowest BCUT2D eigenvalue weighted by Crippen LogP contribution is -2.46. The molecule has 104 valence electrons. The largest absolute Gasteiger partial charge is 0.398 e. The summed E-state index contributed by atoms with van der Waals surface area (Å²) in [5.74, 6) is 0.0175. The SMILES string of the molecule is CN(C(=O)Cc1ccccc1N)C1CCCCC1O. The number of nitrogen functional groups attached to an aromatic ring is 1. The maximum atomic E-state index is 12.3. The number of nitrogens with zero attached hydrogens (tertiary/aromatic N) is 1. The quantitative estimate of drug-likeness (QED) is 0.813. The zero-order valence-corrected chi connectivity index (χ0v) is 11.4. The zero-order chi connectivity index (χ0) is 13.8. The van der Waals surface area contributed by atoms with Gasteiger partial charge in [-0.1, -0.05) is 31.0 Å². The van der Waals surface area contributed by atoms with E-state index in [4.69, 9.17) is 5.73 Å². The predicted octanol–water partition coefficient (Wildman–Crippen LogP) is 1.57. The van der Waals surface area contributed by atoms with Gasteiger partial charge in [-0.3, -0.25) is 4.79 Å². The predicted molar refractivity (Wildman–Crippen MR) is 75.6 cm³/mol. The Labute approximate surface area is 114 Å². The molecule has 0 aliphatic heterocycles. The van der Waals surface area contributed by atoms with Gasteiger partial charge in [-0.25, -0.2) is 0 Å². The minimum absolute atomic E-state index is 0.0175. The lowest BCUT2D eigenvalue weighted by molar-refractivity contribution is -0.134. The average Bonchev–Trinajstić information content (AvgIpc) is 2.41. The molecule has 1 aliphatic carbocycles. The number of nitrogens with two attached hydrogens (primary N) is 1. The summed E-state index contributed by atoms with van der Waals surface area (Å²) in [6.07, 6.45) is 3.70. The van der Waals surface area contributed by atoms with Gasteiger partial charge in [-0.05, 0) is 24.5 Å². The monoisotopic (exact) mass is 262 g/mol. The Kier molecular flexibility index (Phi) is 4.43. The Balaban J connectivity index is 2.01. The van der Waals surface area contributed by atoms with Crippen LogP contribution in [0.15, 0.2) is 24.3 Å². The van der Waals surface area contributed by atoms with Crippen molar-refractivity contribution in [3.63, 3.8) is 0 Å². The molecule has 4 nitrogen and oxygen atoms in total. The van der Waals surface area contributed by atoms with Crippen LogP contribution in [0.4, 0.5) is 5.69 Å². The number of aliphatic hydroxyl groups is 1. The summed E-state index contributed by atoms with van der Waals surface area (Å²) < 4.78 is 0. The summed E-state index contributed by atoms with van der Waals surface area (Å²) in [4.78, 5) is 14.0. The van der Waals surface area contributed by atoms with E-state index in [0.717, 1.165) is 31.2 Å². The fourth-order valence-electron chi connectivity index (χ4n) is 2.71. The molecule has 3 N–H and O–H groups in total. The van der Waals surface area contributed by atoms with Gasteiger partial charge in [-0.2, -0.15) is 0 Å². The minimum atomic E-state index is -0.393. The van der Waals surface area contributed by atoms with Gasteiger partial charge in [0, 0.05) is 12.7 Å². The fourth-order valence-corrected chi connectivity index (χ4v) is 2.71. The molecular weight excluding hydrogens is 240 g/mol. The molecule has 0 bridgehead atoms. The second kappa shape index (κ2) is 6.06. The number of amides is 1. The van der Waals surface area contributed by atoms with Crippen molar-refractivity contribution in [2.45, 2.75) is 44.2 Å². The van der Waals surface area contributed by atoms with Crippen molar-refractivity contribution in [2.75, 3.05) is 12.8 Å². The van der Waals surface area contributed by atoms with Crippen molar-refractivity contribution in [2.24, 2.45) is 0 Å². The third-order valence-corrected chi connectivity index (χ3v) is 3.98. The van der Waals surface area contributed by atoms with Crippen LogP contribution in [0.1, 0.15) is 31.2 Å². The van der Waals surface area contributed by atoms with E-state index in [1.807, 2.05) is 18.2 Å². The number of carbonyl (C=O) groups is 1. The first-order valence-electron chi connectivity index (χ1n) is 6.86. The van der Waals surface area contributed by atoms with E-state index in [1.54, 1.807) is 18.0 Å². The molecule has 1 fully saturated rings. The standard InChI is InChI=1S/C15H22N2O2/c1-17(13-8-4-5-9-14(13)18)15(19)10-11-6-2-3-7-12(11)16/h2-3,6-7,13-14,18H,4-5,8-10,16H2,1H3. The fraction of sp³-hybridized carbons (Fsp3) is 0.533. The number of benzene rings is 1. The number of aliphatic hydroxyl groups excluding tert-OH is 1. The molecule has 0 heterocycles. The summed E-state index contributed by atoms with van der Waals surface area (Å²) in [6, 6.07) is 7.37. The molecule has 0 radical (unpaired) electrons. The van der Waals surface area contributed by atoms with Gasteiger partial charge in [0.05, 0.1) is 18.6 Å². The third-order valence-electron chi connectivity index (χ3n) is 3.98. The van der Waals surface area contributed by atoms with Crippen LogP contribution in [0, 0.1) is 0 Å². The first-order valence-corrected chi connectivity index (χ1v) is 6.86. The molecule has 1 aromatic carbocycles. The molecule has 2 rings (SSSR count). The highest BCUT2D eigenvalue weighted by atomic mass is 16.3. The molecule has 1 saturated carbocycles. The first-order chi connectivity index (χ1) is 9.09. The lowest BCUT2D eigenvalue weighted by atomic mass is 9.91. The number of hydrogen-bond donors (Lipinski definition) is 2. The number of hydrogen-bond acceptors (Lipinski definition) is 3. The topological polar surface area (TPSA) is 66.6 Å². The van der Waals surface area contributed by atoms with Crippen molar-refractivity contribution >= 4 is 11.6 Å². The molecule has 0 spiro atoms. The van der Waals surface area contributed by atoms with Crippen LogP contribution < -0.4 is 5.73 Å². The van der Waals surface area contributed by atoms with Gasteiger partial charge >= 0.3 is 0 Å². The highest BCUT2D eigenvalue weighted by Crippen LogP contribution is 2.23. The number of likely N-dealkylation sites (N-methyl/N-ethyl adjacent to an activating group) is 1. The van der Waals surface area contributed by atoms with Gasteiger partial charge in [0.15, 0.2) is 0 Å². The molecule has 1 aromatic rings. The molecule has 2 unspecified atom stereocenters. The summed E-state index contributed by atoms with van der Waals surface area (Å²) in [6.45, 7) is 0. The average molecular weight is 262 g/mol. The summed E-state index contributed by atoms with van der Waals surface area (Å²) in [5.41, 5.74) is 7.35. The van der Waals surface area contributed by atoms with Crippen LogP contribution in [-0.2, 0) is 11.2 Å². The molecule has 19 heavy (non-hydrogen) atoms. The zero-order valence-electron chi connectivity index (χ0n) is 11.4. The number of anilines is 1. The van der Waals surface area contributed by atoms with Gasteiger partial charge in [0.2, 0.25) is 5.91 Å². The highest BCUT2D eigenvalue weighted by molar-refractivity contribution is 5.80. The molecular formula is C15H22N2O2. The van der Waals surface area contributed by atoms with Crippen LogP contribution >= 0.6 is 0 Å². The Morgan fingerprint density at radius 1 is 1.37 bits per heavy atom. The molecule has 1 aliphatic rings. The van der Waals surface area contributed by atoms with Gasteiger partial charge in [0.1, 0.15) is 0 Å². The van der Waals surface area contributed by atoms with E-state index in [2.05, 4.69) is 0 Å². The van der Waals surface area contributed by atoms with Gasteiger partial charge in [0.25, 0.3) is 0 Å². The maximum Gasteiger partial charge on any atom is 0.227 e. The van der Waals surface area contributed by atoms with E-state index in [0.29, 0.717) is 12.1 Å². The van der Waals surface area contributed by atoms with Crippen molar-refractivity contribution in [1.82, 2.24) is 4.90 Å². The van der Waals surface area contributed by atoms with E-state index in [-0.39, 0.29) is 11.9 Å². The Morgan fingerprint density at radius 2 is 2.05 bits per heavy atom. The van der Waals surface area contributed by atoms with Crippen LogP contribution in [0.25, 0.3) is 0 Å². The van der Waals surface area contributed by atoms with E-state index in [9.17, 15) is 9.90 Å². The second-order valence-electron chi connectivity index (χ2n) is 5.30. The van der Waals surface area contributed by atoms with Gasteiger partial charge < -0.3 is 15.7 Å². The third kappa shape index (κ3) is 3.26. The van der Waals surface area contributed by atoms with Crippen molar-refractivity contribution in [3.8, 4) is 0 Å². The first kappa shape index (κ1) is 13.9. The van der Waals surface area contributed by atoms with E-state index >= 15 is 0 Å². The molecule has 1 amide bonds. The molecule has 0 saturated heterocycles. The number of para-hydroxylation sites is 1. The Hall–Kier alpha value is -1.55. The Morgan fingerprint density at radius 3 is 2.74 bits per heavy atom.